The number of hydrazine groups is 1. The third-order valence-electron chi connectivity index (χ3n) is 2.59. The second kappa shape index (κ2) is 4.16. The van der Waals surface area contributed by atoms with Crippen LogP contribution in [0.2, 0.25) is 0 Å². The number of alkyl halides is 3. The SMILES string of the molecule is O=C(c1ccc(O)cc1)N1NC=C[C@]1(O)C(F)(F)F. The molecule has 0 saturated heterocycles. The molecule has 102 valence electrons. The highest BCUT2D eigenvalue weighted by molar-refractivity contribution is 5.95. The molecule has 1 aliphatic heterocycles. The van der Waals surface area contributed by atoms with Gasteiger partial charge in [-0.05, 0) is 30.3 Å². The molecule has 2 rings (SSSR count). The summed E-state index contributed by atoms with van der Waals surface area (Å²) in [7, 11) is 0. The highest BCUT2D eigenvalue weighted by Crippen LogP contribution is 2.36. The van der Waals surface area contributed by atoms with E-state index in [9.17, 15) is 23.1 Å². The van der Waals surface area contributed by atoms with Gasteiger partial charge in [-0.2, -0.15) is 13.2 Å². The van der Waals surface area contributed by atoms with Gasteiger partial charge in [0.05, 0.1) is 0 Å². The molecule has 1 aromatic carbocycles. The van der Waals surface area contributed by atoms with E-state index in [4.69, 9.17) is 5.11 Å². The highest BCUT2D eigenvalue weighted by Gasteiger charge is 2.60. The van der Waals surface area contributed by atoms with Gasteiger partial charge in [-0.3, -0.25) is 10.2 Å². The summed E-state index contributed by atoms with van der Waals surface area (Å²) in [5, 5.41) is 18.7. The lowest BCUT2D eigenvalue weighted by Crippen LogP contribution is -2.60. The van der Waals surface area contributed by atoms with Crippen molar-refractivity contribution in [2.24, 2.45) is 0 Å². The average Bonchev–Trinajstić information content (AvgIpc) is 2.72. The van der Waals surface area contributed by atoms with Crippen molar-refractivity contribution in [1.29, 1.82) is 0 Å². The lowest BCUT2D eigenvalue weighted by atomic mass is 10.1. The second-order valence-corrected chi connectivity index (χ2v) is 3.87. The summed E-state index contributed by atoms with van der Waals surface area (Å²) in [5.41, 5.74) is -1.48. The van der Waals surface area contributed by atoms with Gasteiger partial charge in [-0.1, -0.05) is 0 Å². The van der Waals surface area contributed by atoms with Crippen LogP contribution in [0.15, 0.2) is 36.5 Å². The van der Waals surface area contributed by atoms with Gasteiger partial charge in [0.15, 0.2) is 0 Å². The lowest BCUT2D eigenvalue weighted by Gasteiger charge is -2.33. The average molecular weight is 274 g/mol. The maximum atomic E-state index is 12.8. The second-order valence-electron chi connectivity index (χ2n) is 3.87. The van der Waals surface area contributed by atoms with E-state index in [-0.39, 0.29) is 16.3 Å². The molecule has 0 spiro atoms. The van der Waals surface area contributed by atoms with Crippen LogP contribution in [-0.4, -0.2) is 33.0 Å². The molecule has 19 heavy (non-hydrogen) atoms. The van der Waals surface area contributed by atoms with Crippen LogP contribution in [0.1, 0.15) is 10.4 Å². The van der Waals surface area contributed by atoms with Crippen LogP contribution < -0.4 is 5.43 Å². The molecule has 3 N–H and O–H groups in total. The minimum absolute atomic E-state index is 0.0688. The zero-order chi connectivity index (χ0) is 14.3. The fourth-order valence-corrected chi connectivity index (χ4v) is 1.57. The Balaban J connectivity index is 2.32. The van der Waals surface area contributed by atoms with E-state index >= 15 is 0 Å². The molecule has 0 fully saturated rings. The predicted octanol–water partition coefficient (Wildman–Crippen LogP) is 1.12. The minimum Gasteiger partial charge on any atom is -0.508 e. The van der Waals surface area contributed by atoms with Crippen LogP contribution in [-0.2, 0) is 0 Å². The lowest BCUT2D eigenvalue weighted by molar-refractivity contribution is -0.283. The summed E-state index contributed by atoms with van der Waals surface area (Å²) >= 11 is 0. The third kappa shape index (κ3) is 2.10. The molecular formula is C11H9F3N2O3. The van der Waals surface area contributed by atoms with Crippen molar-refractivity contribution in [2.75, 3.05) is 0 Å². The first-order chi connectivity index (χ1) is 8.75. The van der Waals surface area contributed by atoms with Gasteiger partial charge in [0.2, 0.25) is 0 Å². The Morgan fingerprint density at radius 2 is 1.84 bits per heavy atom. The normalized spacial score (nSPS) is 22.4. The van der Waals surface area contributed by atoms with Crippen LogP contribution in [0.4, 0.5) is 13.2 Å². The number of nitrogens with one attached hydrogen (secondary N) is 1. The van der Waals surface area contributed by atoms with Crippen molar-refractivity contribution < 1.29 is 28.2 Å². The van der Waals surface area contributed by atoms with Crippen molar-refractivity contribution in [2.45, 2.75) is 11.9 Å². The maximum absolute atomic E-state index is 12.8. The number of aromatic hydroxyl groups is 1. The van der Waals surface area contributed by atoms with E-state index in [2.05, 4.69) is 0 Å². The number of phenolic OH excluding ortho intramolecular Hbond substituents is 1. The number of amides is 1. The number of halogens is 3. The Morgan fingerprint density at radius 1 is 1.26 bits per heavy atom. The Labute approximate surface area is 105 Å². The van der Waals surface area contributed by atoms with E-state index in [0.717, 1.165) is 30.5 Å². The van der Waals surface area contributed by atoms with Gasteiger partial charge in [0.25, 0.3) is 11.6 Å². The largest absolute Gasteiger partial charge is 0.508 e. The number of phenols is 1. The van der Waals surface area contributed by atoms with Crippen molar-refractivity contribution >= 4 is 5.91 Å². The first-order valence-electron chi connectivity index (χ1n) is 5.12. The molecule has 8 heteroatoms. The minimum atomic E-state index is -5.04. The van der Waals surface area contributed by atoms with Crippen molar-refractivity contribution in [3.05, 3.63) is 42.1 Å². The number of benzene rings is 1. The smallest absolute Gasteiger partial charge is 0.442 e. The van der Waals surface area contributed by atoms with Crippen LogP contribution in [0, 0.1) is 0 Å². The number of carbonyl (C=O) groups is 1. The quantitative estimate of drug-likeness (QED) is 0.717. The summed E-state index contributed by atoms with van der Waals surface area (Å²) in [5.74, 6) is -1.21. The first-order valence-corrected chi connectivity index (χ1v) is 5.12. The van der Waals surface area contributed by atoms with Crippen molar-refractivity contribution in [3.63, 3.8) is 0 Å². The Kier molecular flexibility index (Phi) is 2.90. The standard InChI is InChI=1S/C11H9F3N2O3/c12-11(13,14)10(19)5-6-15-16(10)9(18)7-1-3-8(17)4-2-7/h1-6,15,17,19H/t10-/m0/s1. The fraction of sp³-hybridized carbons (Fsp3) is 0.182. The van der Waals surface area contributed by atoms with Crippen LogP contribution in [0.25, 0.3) is 0 Å². The van der Waals surface area contributed by atoms with Crippen LogP contribution in [0.3, 0.4) is 0 Å². The number of aliphatic hydroxyl groups is 1. The van der Waals surface area contributed by atoms with E-state index in [1.165, 1.54) is 0 Å². The molecule has 0 bridgehead atoms. The molecule has 5 nitrogen and oxygen atoms in total. The van der Waals surface area contributed by atoms with E-state index in [0.29, 0.717) is 6.08 Å². The summed E-state index contributed by atoms with van der Waals surface area (Å²) in [6.45, 7) is 0. The molecule has 1 amide bonds. The summed E-state index contributed by atoms with van der Waals surface area (Å²) < 4.78 is 38.3. The Morgan fingerprint density at radius 3 is 2.37 bits per heavy atom. The molecule has 1 heterocycles. The van der Waals surface area contributed by atoms with Crippen LogP contribution >= 0.6 is 0 Å². The van der Waals surface area contributed by atoms with Crippen molar-refractivity contribution in [3.8, 4) is 5.75 Å². The molecule has 0 aromatic heterocycles. The van der Waals surface area contributed by atoms with Crippen molar-refractivity contribution in [1.82, 2.24) is 10.4 Å². The maximum Gasteiger partial charge on any atom is 0.442 e. The van der Waals surface area contributed by atoms with Gasteiger partial charge in [-0.25, -0.2) is 5.01 Å². The monoisotopic (exact) mass is 274 g/mol. The Bertz CT molecular complexity index is 527. The van der Waals surface area contributed by atoms with E-state index in [1.54, 1.807) is 0 Å². The molecular weight excluding hydrogens is 265 g/mol. The number of nitrogens with zero attached hydrogens (tertiary/aromatic N) is 1. The molecule has 0 saturated carbocycles. The summed E-state index contributed by atoms with van der Waals surface area (Å²) in [6.07, 6.45) is -3.78. The van der Waals surface area contributed by atoms with Gasteiger partial charge in [-0.15, -0.1) is 0 Å². The van der Waals surface area contributed by atoms with Gasteiger partial charge >= 0.3 is 6.18 Å². The van der Waals surface area contributed by atoms with E-state index < -0.39 is 17.8 Å². The summed E-state index contributed by atoms with van der Waals surface area (Å²) in [4.78, 5) is 11.9. The number of hydrogen-bond acceptors (Lipinski definition) is 4. The molecule has 1 aliphatic rings. The van der Waals surface area contributed by atoms with Gasteiger partial charge < -0.3 is 10.2 Å². The number of carbonyl (C=O) groups excluding carboxylic acids is 1. The zero-order valence-corrected chi connectivity index (χ0v) is 9.35. The van der Waals surface area contributed by atoms with E-state index in [1.807, 2.05) is 5.43 Å². The summed E-state index contributed by atoms with van der Waals surface area (Å²) in [6, 6.07) is 4.61. The molecule has 1 aromatic rings. The first kappa shape index (κ1) is 13.2. The van der Waals surface area contributed by atoms with Crippen LogP contribution in [0.5, 0.6) is 5.75 Å². The highest BCUT2D eigenvalue weighted by atomic mass is 19.4. The Hall–Kier alpha value is -2.22. The zero-order valence-electron chi connectivity index (χ0n) is 9.35. The number of rotatable bonds is 1. The van der Waals surface area contributed by atoms with Gasteiger partial charge in [0.1, 0.15) is 5.75 Å². The molecule has 1 atom stereocenters. The number of hydrogen-bond donors (Lipinski definition) is 3. The topological polar surface area (TPSA) is 72.8 Å². The van der Waals surface area contributed by atoms with Gasteiger partial charge in [0, 0.05) is 11.8 Å². The molecule has 0 unspecified atom stereocenters. The molecule has 0 radical (unpaired) electrons. The fourth-order valence-electron chi connectivity index (χ4n) is 1.57. The third-order valence-corrected chi connectivity index (χ3v) is 2.59. The molecule has 0 aliphatic carbocycles. The predicted molar refractivity (Wildman–Crippen MR) is 57.6 cm³/mol.